The Labute approximate surface area is 378 Å². The number of ether oxygens (including phenoxy) is 4. The van der Waals surface area contributed by atoms with E-state index >= 15 is 0 Å². The maximum atomic E-state index is 14.4. The Bertz CT molecular complexity index is 2530. The van der Waals surface area contributed by atoms with Gasteiger partial charge in [-0.05, 0) is 149 Å². The number of nitrogen functional groups attached to an aromatic ring is 1. The highest BCUT2D eigenvalue weighted by Gasteiger charge is 2.33. The van der Waals surface area contributed by atoms with E-state index in [1.165, 1.54) is 48.0 Å². The van der Waals surface area contributed by atoms with Crippen molar-refractivity contribution >= 4 is 34.0 Å². The number of ketones is 2. The summed E-state index contributed by atoms with van der Waals surface area (Å²) in [6, 6.07) is 24.7. The monoisotopic (exact) mass is 855 g/mol. The first kappa shape index (κ1) is 43.2. The molecule has 2 N–H and O–H groups in total. The van der Waals surface area contributed by atoms with E-state index in [-0.39, 0.29) is 35.2 Å². The second-order valence-electron chi connectivity index (χ2n) is 18.7. The van der Waals surface area contributed by atoms with Gasteiger partial charge in [0.15, 0.2) is 34.6 Å². The third-order valence-corrected chi connectivity index (χ3v) is 14.4. The highest BCUT2D eigenvalue weighted by molar-refractivity contribution is 6.05. The largest absolute Gasteiger partial charge is 0.493 e. The van der Waals surface area contributed by atoms with Crippen molar-refractivity contribution < 1.29 is 28.5 Å². The van der Waals surface area contributed by atoms with Crippen LogP contribution in [0.1, 0.15) is 119 Å². The number of hydrogen-bond donors (Lipinski definition) is 1. The normalized spacial score (nSPS) is 25.0. The number of Topliss-reactive ketones (excluding diaryl/α,β-unsaturated/α-hetero) is 2. The molecule has 330 valence electrons. The molecule has 4 aromatic rings. The fourth-order valence-electron chi connectivity index (χ4n) is 10.6. The molecule has 4 aromatic carbocycles. The van der Waals surface area contributed by atoms with Crippen LogP contribution in [0, 0.1) is 29.6 Å². The van der Waals surface area contributed by atoms with Crippen LogP contribution in [0.3, 0.4) is 0 Å². The number of fused-ring (bicyclic) bond motifs is 5. The molecule has 2 bridgehead atoms. The van der Waals surface area contributed by atoms with Crippen molar-refractivity contribution in [3.05, 3.63) is 155 Å². The van der Waals surface area contributed by atoms with Crippen LogP contribution in [0.15, 0.2) is 116 Å². The number of hydrogen-bond acceptors (Lipinski definition) is 7. The van der Waals surface area contributed by atoms with E-state index in [1.807, 2.05) is 36.4 Å². The fourth-order valence-corrected chi connectivity index (χ4v) is 10.6. The van der Waals surface area contributed by atoms with Crippen LogP contribution in [0.5, 0.6) is 23.0 Å². The predicted octanol–water partition coefficient (Wildman–Crippen LogP) is 12.7. The van der Waals surface area contributed by atoms with Gasteiger partial charge >= 0.3 is 0 Å². The van der Waals surface area contributed by atoms with Gasteiger partial charge in [-0.25, -0.2) is 0 Å². The Morgan fingerprint density at radius 3 is 2.03 bits per heavy atom. The lowest BCUT2D eigenvalue weighted by Gasteiger charge is -2.28. The first-order valence-corrected chi connectivity index (χ1v) is 23.3. The number of methoxy groups -OCH3 is 2. The number of nitrogens with two attached hydrogens (primary N) is 1. The second kappa shape index (κ2) is 18.9. The summed E-state index contributed by atoms with van der Waals surface area (Å²) in [6.45, 7) is 7.49. The summed E-state index contributed by atoms with van der Waals surface area (Å²) in [7, 11) is 3.21. The lowest BCUT2D eigenvalue weighted by molar-refractivity contribution is 0.0929. The summed E-state index contributed by atoms with van der Waals surface area (Å²) in [4.78, 5) is 28.3. The first-order valence-electron chi connectivity index (χ1n) is 23.3. The minimum absolute atomic E-state index is 0.0783. The van der Waals surface area contributed by atoms with Gasteiger partial charge in [0.2, 0.25) is 0 Å². The van der Waals surface area contributed by atoms with E-state index in [9.17, 15) is 9.59 Å². The Morgan fingerprint density at radius 1 is 0.688 bits per heavy atom. The SMILES string of the molecule is C=C1/C=C\[C@@H]2CC(c3ccc(C4CCC(C)CC4)cc3)=CC(C2)C(=O)c2cc(OC)c(OCCCOc3cc4c(cc3OC)C(=O)CC3C=C(c5ccc(N)cc5)C[C@H]3/C=C/C4)cc21. The quantitative estimate of drug-likeness (QED) is 0.0911. The van der Waals surface area contributed by atoms with Gasteiger partial charge in [0, 0.05) is 35.6 Å². The number of rotatable bonds is 11. The number of anilines is 1. The molecular weight excluding hydrogens is 795 g/mol. The van der Waals surface area contributed by atoms with Gasteiger partial charge < -0.3 is 24.7 Å². The molecule has 0 spiro atoms. The summed E-state index contributed by atoms with van der Waals surface area (Å²) < 4.78 is 24.2. The molecule has 4 atom stereocenters. The highest BCUT2D eigenvalue weighted by Crippen LogP contribution is 2.44. The van der Waals surface area contributed by atoms with Gasteiger partial charge in [0.1, 0.15) is 0 Å². The maximum Gasteiger partial charge on any atom is 0.170 e. The highest BCUT2D eigenvalue weighted by atomic mass is 16.5. The summed E-state index contributed by atoms with van der Waals surface area (Å²) in [5.74, 6) is 4.21. The molecule has 7 nitrogen and oxygen atoms in total. The van der Waals surface area contributed by atoms with Gasteiger partial charge in [-0.3, -0.25) is 9.59 Å². The van der Waals surface area contributed by atoms with E-state index in [0.717, 1.165) is 53.1 Å². The van der Waals surface area contributed by atoms with Crippen LogP contribution < -0.4 is 24.7 Å². The van der Waals surface area contributed by atoms with Crippen LogP contribution in [0.2, 0.25) is 0 Å². The van der Waals surface area contributed by atoms with Crippen molar-refractivity contribution in [3.63, 3.8) is 0 Å². The van der Waals surface area contributed by atoms with Gasteiger partial charge in [-0.2, -0.15) is 0 Å². The Hall–Kier alpha value is -6.08. The van der Waals surface area contributed by atoms with Crippen molar-refractivity contribution in [2.24, 2.45) is 29.6 Å². The van der Waals surface area contributed by atoms with Gasteiger partial charge in [-0.15, -0.1) is 0 Å². The minimum Gasteiger partial charge on any atom is -0.493 e. The molecule has 0 aromatic heterocycles. The van der Waals surface area contributed by atoms with Crippen molar-refractivity contribution in [1.82, 2.24) is 0 Å². The minimum atomic E-state index is -0.254. The number of carbonyl (C=O) groups is 2. The molecule has 0 amide bonds. The van der Waals surface area contributed by atoms with Gasteiger partial charge in [0.05, 0.1) is 27.4 Å². The maximum absolute atomic E-state index is 14.4. The standard InChI is InChI=1S/C57H61NO6/c1-35-9-13-38(14-10-35)39-15-17-40(18-16-39)44-25-37-12-11-36(2)49-32-56(54(62-4)34-51(49)57(60)47(26-37)29-44)64-24-6-23-63-55-31-43-8-5-7-42-27-45(41-19-21-48(58)22-20-41)28-46(42)30-52(59)50(43)33-53(55)61-3/h5,7,11-12,15-22,28-29,31-35,37-38,42,46-47H,2,6,8-10,13-14,23-27,30,58H2,1,3-4H3/b7-5+,12-11-/t35?,37-,38?,42-,46?,47?/m1/s1. The molecule has 1 fully saturated rings. The molecule has 0 saturated heterocycles. The molecule has 64 heavy (non-hydrogen) atoms. The van der Waals surface area contributed by atoms with Crippen LogP contribution in [0.25, 0.3) is 16.7 Å². The molecule has 0 heterocycles. The molecule has 1 saturated carbocycles. The third-order valence-electron chi connectivity index (χ3n) is 14.4. The lowest BCUT2D eigenvalue weighted by atomic mass is 9.76. The zero-order valence-electron chi connectivity index (χ0n) is 37.6. The zero-order chi connectivity index (χ0) is 44.3. The van der Waals surface area contributed by atoms with Crippen molar-refractivity contribution in [2.45, 2.75) is 77.0 Å². The summed E-state index contributed by atoms with van der Waals surface area (Å²) in [5, 5.41) is 0. The Kier molecular flexibility index (Phi) is 12.8. The first-order chi connectivity index (χ1) is 31.1. The molecule has 7 heteroatoms. The van der Waals surface area contributed by atoms with Crippen molar-refractivity contribution in [2.75, 3.05) is 33.2 Å². The number of carbonyl (C=O) groups excluding carboxylic acids is 2. The summed E-state index contributed by atoms with van der Waals surface area (Å²) in [6.07, 6.45) is 22.6. The van der Waals surface area contributed by atoms with E-state index in [2.05, 4.69) is 86.4 Å². The average Bonchev–Trinajstić information content (AvgIpc) is 3.74. The molecule has 9 rings (SSSR count). The molecule has 5 aliphatic carbocycles. The molecule has 5 aliphatic rings. The topological polar surface area (TPSA) is 97.1 Å². The van der Waals surface area contributed by atoms with E-state index in [4.69, 9.17) is 24.7 Å². The number of benzene rings is 4. The molecular formula is C57H61NO6. The van der Waals surface area contributed by atoms with Gasteiger partial charge in [0.25, 0.3) is 0 Å². The van der Waals surface area contributed by atoms with E-state index in [1.54, 1.807) is 14.2 Å². The predicted molar refractivity (Wildman–Crippen MR) is 257 cm³/mol. The summed E-state index contributed by atoms with van der Waals surface area (Å²) >= 11 is 0. The smallest absolute Gasteiger partial charge is 0.170 e. The lowest BCUT2D eigenvalue weighted by Crippen LogP contribution is -2.21. The van der Waals surface area contributed by atoms with Crippen LogP contribution >= 0.6 is 0 Å². The average molecular weight is 856 g/mol. The Balaban J connectivity index is 0.851. The fraction of sp³-hybridized carbons (Fsp3) is 0.368. The molecule has 2 unspecified atom stereocenters. The summed E-state index contributed by atoms with van der Waals surface area (Å²) in [5.41, 5.74) is 16.7. The molecule has 0 radical (unpaired) electrons. The van der Waals surface area contributed by atoms with Crippen LogP contribution in [0.4, 0.5) is 5.69 Å². The van der Waals surface area contributed by atoms with E-state index < -0.39 is 0 Å². The van der Waals surface area contributed by atoms with Crippen LogP contribution in [-0.2, 0) is 6.42 Å². The zero-order valence-corrected chi connectivity index (χ0v) is 37.6. The molecule has 0 aliphatic heterocycles. The van der Waals surface area contributed by atoms with Gasteiger partial charge in [-0.1, -0.05) is 99.2 Å². The van der Waals surface area contributed by atoms with Crippen molar-refractivity contribution in [3.8, 4) is 23.0 Å². The number of allylic oxidation sites excluding steroid dienone is 9. The van der Waals surface area contributed by atoms with Crippen LogP contribution in [-0.4, -0.2) is 39.0 Å². The van der Waals surface area contributed by atoms with E-state index in [0.29, 0.717) is 72.5 Å². The Morgan fingerprint density at radius 2 is 1.33 bits per heavy atom. The van der Waals surface area contributed by atoms with Crippen molar-refractivity contribution in [1.29, 1.82) is 0 Å². The third kappa shape index (κ3) is 9.27. The second-order valence-corrected chi connectivity index (χ2v) is 18.7.